The van der Waals surface area contributed by atoms with Crippen LogP contribution in [-0.2, 0) is 28.6 Å². The molecule has 0 N–H and O–H groups in total. The van der Waals surface area contributed by atoms with E-state index in [0.29, 0.717) is 19.3 Å². The molecule has 0 heterocycles. The molecule has 0 rings (SSSR count). The maximum Gasteiger partial charge on any atom is 0.306 e. The van der Waals surface area contributed by atoms with Crippen molar-refractivity contribution < 1.29 is 28.6 Å². The lowest BCUT2D eigenvalue weighted by Crippen LogP contribution is -2.30. The first kappa shape index (κ1) is 60.4. The first-order valence-corrected chi connectivity index (χ1v) is 27.9. The third-order valence-corrected chi connectivity index (χ3v) is 13.2. The van der Waals surface area contributed by atoms with Gasteiger partial charge in [0.15, 0.2) is 6.10 Å². The van der Waals surface area contributed by atoms with Crippen molar-refractivity contribution in [3.63, 3.8) is 0 Å². The van der Waals surface area contributed by atoms with Gasteiger partial charge in [0, 0.05) is 19.3 Å². The van der Waals surface area contributed by atoms with Gasteiger partial charge in [0.1, 0.15) is 13.2 Å². The molecule has 0 fully saturated rings. The van der Waals surface area contributed by atoms with Crippen LogP contribution in [-0.4, -0.2) is 37.2 Å². The number of unbranched alkanes of at least 4 members (excludes halogenated alkanes) is 37. The summed E-state index contributed by atoms with van der Waals surface area (Å²) in [5, 5.41) is 0. The highest BCUT2D eigenvalue weighted by Crippen LogP contribution is 2.18. The van der Waals surface area contributed by atoms with Crippen molar-refractivity contribution in [2.75, 3.05) is 13.2 Å². The van der Waals surface area contributed by atoms with Gasteiger partial charge in [-0.05, 0) is 25.2 Å². The topological polar surface area (TPSA) is 78.9 Å². The molecule has 0 aliphatic rings. The van der Waals surface area contributed by atoms with Crippen molar-refractivity contribution in [1.29, 1.82) is 0 Å². The van der Waals surface area contributed by atoms with Crippen molar-refractivity contribution in [3.8, 4) is 0 Å². The third-order valence-electron chi connectivity index (χ3n) is 13.2. The van der Waals surface area contributed by atoms with Crippen LogP contribution in [0.1, 0.15) is 317 Å². The minimum atomic E-state index is -0.761. The molecule has 0 aromatic rings. The highest BCUT2D eigenvalue weighted by molar-refractivity contribution is 5.71. The smallest absolute Gasteiger partial charge is 0.306 e. The van der Waals surface area contributed by atoms with Crippen LogP contribution in [0.5, 0.6) is 0 Å². The fraction of sp³-hybridized carbons (Fsp3) is 0.946. The molecule has 62 heavy (non-hydrogen) atoms. The van der Waals surface area contributed by atoms with Crippen LogP contribution >= 0.6 is 0 Å². The average molecular weight is 877 g/mol. The summed E-state index contributed by atoms with van der Waals surface area (Å²) >= 11 is 0. The number of hydrogen-bond acceptors (Lipinski definition) is 6. The van der Waals surface area contributed by atoms with E-state index in [9.17, 15) is 14.4 Å². The van der Waals surface area contributed by atoms with E-state index in [2.05, 4.69) is 27.7 Å². The lowest BCUT2D eigenvalue weighted by Gasteiger charge is -2.18. The van der Waals surface area contributed by atoms with Crippen LogP contribution in [0.15, 0.2) is 0 Å². The summed E-state index contributed by atoms with van der Waals surface area (Å²) in [4.78, 5) is 38.0. The Balaban J connectivity index is 4.27. The Morgan fingerprint density at radius 1 is 0.323 bits per heavy atom. The Hall–Kier alpha value is -1.59. The number of carbonyl (C=O) groups is 3. The molecule has 368 valence electrons. The van der Waals surface area contributed by atoms with E-state index in [-0.39, 0.29) is 31.1 Å². The Morgan fingerprint density at radius 3 is 0.839 bits per heavy atom. The molecule has 0 radical (unpaired) electrons. The van der Waals surface area contributed by atoms with Crippen LogP contribution in [0, 0.1) is 5.92 Å². The fourth-order valence-corrected chi connectivity index (χ4v) is 8.54. The van der Waals surface area contributed by atoms with Gasteiger partial charge in [-0.3, -0.25) is 14.4 Å². The minimum absolute atomic E-state index is 0.0623. The normalized spacial score (nSPS) is 12.4. The van der Waals surface area contributed by atoms with E-state index in [4.69, 9.17) is 14.2 Å². The second kappa shape index (κ2) is 50.4. The second-order valence-electron chi connectivity index (χ2n) is 19.5. The first-order valence-electron chi connectivity index (χ1n) is 27.9. The van der Waals surface area contributed by atoms with Gasteiger partial charge in [0.2, 0.25) is 0 Å². The zero-order valence-electron chi connectivity index (χ0n) is 42.3. The van der Waals surface area contributed by atoms with Crippen molar-refractivity contribution >= 4 is 17.9 Å². The maximum atomic E-state index is 12.8. The molecule has 0 aliphatic heterocycles. The molecule has 1 unspecified atom stereocenters. The molecule has 0 saturated heterocycles. The molecule has 2 atom stereocenters. The zero-order chi connectivity index (χ0) is 45.2. The van der Waals surface area contributed by atoms with Gasteiger partial charge in [-0.1, -0.05) is 278 Å². The van der Waals surface area contributed by atoms with Crippen LogP contribution in [0.2, 0.25) is 0 Å². The molecular weight excluding hydrogens is 769 g/mol. The Morgan fingerprint density at radius 2 is 0.565 bits per heavy atom. The van der Waals surface area contributed by atoms with Gasteiger partial charge >= 0.3 is 17.9 Å². The SMILES string of the molecule is CCCCCCCCCCCCCCCCCCCCC(=O)OC[C@H](COC(=O)CCCCCCCCCCCCC(C)CC)OC(=O)CCCCCCCCCCCCCC. The molecule has 6 nitrogen and oxygen atoms in total. The first-order chi connectivity index (χ1) is 30.4. The largest absolute Gasteiger partial charge is 0.462 e. The van der Waals surface area contributed by atoms with E-state index in [1.54, 1.807) is 0 Å². The van der Waals surface area contributed by atoms with Crippen LogP contribution < -0.4 is 0 Å². The van der Waals surface area contributed by atoms with Crippen LogP contribution in [0.25, 0.3) is 0 Å². The van der Waals surface area contributed by atoms with Crippen LogP contribution in [0.3, 0.4) is 0 Å². The zero-order valence-corrected chi connectivity index (χ0v) is 42.3. The predicted molar refractivity (Wildman–Crippen MR) is 266 cm³/mol. The number of esters is 3. The Bertz CT molecular complexity index is 935. The molecule has 0 aliphatic carbocycles. The summed E-state index contributed by atoms with van der Waals surface area (Å²) in [6.07, 6.45) is 53.7. The van der Waals surface area contributed by atoms with Crippen molar-refractivity contribution in [2.24, 2.45) is 5.92 Å². The molecule has 0 amide bonds. The van der Waals surface area contributed by atoms with E-state index in [1.165, 1.54) is 212 Å². The molecular formula is C56H108O6. The quantitative estimate of drug-likeness (QED) is 0.0344. The lowest BCUT2D eigenvalue weighted by molar-refractivity contribution is -0.167. The monoisotopic (exact) mass is 877 g/mol. The standard InChI is InChI=1S/C56H108O6/c1-5-8-10-12-14-16-18-20-21-22-23-24-25-27-31-35-39-43-47-54(57)60-50-53(62-56(59)49-45-41-37-33-26-19-17-15-13-11-9-6-2)51-61-55(58)48-44-40-36-32-29-28-30-34-38-42-46-52(4)7-3/h52-53H,5-51H2,1-4H3/t52?,53-/m1/s1. The number of rotatable bonds is 51. The maximum absolute atomic E-state index is 12.8. The fourth-order valence-electron chi connectivity index (χ4n) is 8.54. The molecule has 0 saturated carbocycles. The van der Waals surface area contributed by atoms with Gasteiger partial charge in [-0.2, -0.15) is 0 Å². The van der Waals surface area contributed by atoms with Gasteiger partial charge in [0.05, 0.1) is 0 Å². The van der Waals surface area contributed by atoms with Crippen LogP contribution in [0.4, 0.5) is 0 Å². The molecule has 0 bridgehead atoms. The van der Waals surface area contributed by atoms with E-state index in [0.717, 1.165) is 63.7 Å². The Kier molecular flexibility index (Phi) is 49.1. The van der Waals surface area contributed by atoms with Crippen molar-refractivity contribution in [1.82, 2.24) is 0 Å². The highest BCUT2D eigenvalue weighted by Gasteiger charge is 2.19. The van der Waals surface area contributed by atoms with Crippen molar-refractivity contribution in [3.05, 3.63) is 0 Å². The molecule has 0 aromatic heterocycles. The summed E-state index contributed by atoms with van der Waals surface area (Å²) in [6.45, 7) is 9.07. The molecule has 6 heteroatoms. The van der Waals surface area contributed by atoms with Gasteiger partial charge in [-0.15, -0.1) is 0 Å². The number of carbonyl (C=O) groups excluding carboxylic acids is 3. The van der Waals surface area contributed by atoms with E-state index in [1.807, 2.05) is 0 Å². The van der Waals surface area contributed by atoms with Gasteiger partial charge < -0.3 is 14.2 Å². The summed E-state index contributed by atoms with van der Waals surface area (Å²) in [5.41, 5.74) is 0. The van der Waals surface area contributed by atoms with Gasteiger partial charge in [-0.25, -0.2) is 0 Å². The summed E-state index contributed by atoms with van der Waals surface area (Å²) in [7, 11) is 0. The van der Waals surface area contributed by atoms with Crippen molar-refractivity contribution in [2.45, 2.75) is 323 Å². The summed E-state index contributed by atoms with van der Waals surface area (Å²) < 4.78 is 16.9. The molecule has 0 spiro atoms. The third kappa shape index (κ3) is 47.9. The predicted octanol–water partition coefficient (Wildman–Crippen LogP) is 18.2. The summed E-state index contributed by atoms with van der Waals surface area (Å²) in [6, 6.07) is 0. The highest BCUT2D eigenvalue weighted by atomic mass is 16.6. The Labute approximate surface area is 387 Å². The van der Waals surface area contributed by atoms with E-state index >= 15 is 0 Å². The average Bonchev–Trinajstić information content (AvgIpc) is 3.27. The number of hydrogen-bond donors (Lipinski definition) is 0. The molecule has 0 aromatic carbocycles. The second-order valence-corrected chi connectivity index (χ2v) is 19.5. The minimum Gasteiger partial charge on any atom is -0.462 e. The summed E-state index contributed by atoms with van der Waals surface area (Å²) in [5.74, 6) is 0.0301. The lowest BCUT2D eigenvalue weighted by atomic mass is 9.99. The number of ether oxygens (including phenoxy) is 3. The van der Waals surface area contributed by atoms with E-state index < -0.39 is 6.10 Å². The van der Waals surface area contributed by atoms with Gasteiger partial charge in [0.25, 0.3) is 0 Å².